The van der Waals surface area contributed by atoms with Crippen LogP contribution in [0.4, 0.5) is 5.95 Å². The third kappa shape index (κ3) is 3.90. The average molecular weight is 487 g/mol. The lowest BCUT2D eigenvalue weighted by Gasteiger charge is -2.28. The number of nitrogens with zero attached hydrogens (tertiary/aromatic N) is 8. The van der Waals surface area contributed by atoms with E-state index in [4.69, 9.17) is 0 Å². The largest absolute Gasteiger partial charge is 0.411 e. The number of hydrogen-bond acceptors (Lipinski definition) is 8. The summed E-state index contributed by atoms with van der Waals surface area (Å²) in [6, 6.07) is 7.62. The molecule has 0 saturated carbocycles. The van der Waals surface area contributed by atoms with Crippen LogP contribution in [0.25, 0.3) is 22.1 Å². The molecular weight excluding hydrogens is 460 g/mol. The number of benzene rings is 1. The number of imidazole rings is 1. The Bertz CT molecular complexity index is 1700. The zero-order valence-electron chi connectivity index (χ0n) is 20.4. The van der Waals surface area contributed by atoms with Crippen molar-refractivity contribution in [3.8, 4) is 11.8 Å². The Kier molecular flexibility index (Phi) is 6.01. The molecule has 0 unspecified atom stereocenters. The molecule has 0 radical (unpaired) electrons. The Balaban J connectivity index is 1.69. The lowest BCUT2D eigenvalue weighted by atomic mass is 10.1. The lowest BCUT2D eigenvalue weighted by molar-refractivity contribution is 0.315. The maximum absolute atomic E-state index is 13.8. The Morgan fingerprint density at radius 3 is 2.72 bits per heavy atom. The monoisotopic (exact) mass is 486 g/mol. The van der Waals surface area contributed by atoms with E-state index in [9.17, 15) is 14.8 Å². The molecule has 11 heteroatoms. The second-order valence-electron chi connectivity index (χ2n) is 8.76. The molecule has 0 amide bonds. The van der Waals surface area contributed by atoms with Crippen LogP contribution in [0, 0.1) is 18.8 Å². The summed E-state index contributed by atoms with van der Waals surface area (Å²) in [7, 11) is 1.59. The van der Waals surface area contributed by atoms with E-state index in [1.165, 1.54) is 4.57 Å². The highest BCUT2D eigenvalue weighted by Gasteiger charge is 2.26. The van der Waals surface area contributed by atoms with Gasteiger partial charge in [0.05, 0.1) is 30.9 Å². The molecule has 11 nitrogen and oxygen atoms in total. The highest BCUT2D eigenvalue weighted by atomic mass is 16.4. The predicted octanol–water partition coefficient (Wildman–Crippen LogP) is 1.65. The van der Waals surface area contributed by atoms with Crippen LogP contribution in [0.5, 0.6) is 0 Å². The number of rotatable bonds is 4. The van der Waals surface area contributed by atoms with Crippen molar-refractivity contribution in [1.29, 1.82) is 0 Å². The fourth-order valence-electron chi connectivity index (χ4n) is 4.66. The third-order valence-corrected chi connectivity index (χ3v) is 6.46. The normalized spacial score (nSPS) is 15.0. The molecule has 0 atom stereocenters. The van der Waals surface area contributed by atoms with Crippen molar-refractivity contribution < 1.29 is 5.21 Å². The number of aromatic nitrogens is 6. The topological polar surface area (TPSA) is 123 Å². The Morgan fingerprint density at radius 2 is 1.94 bits per heavy atom. The molecule has 5 rings (SSSR count). The second kappa shape index (κ2) is 9.30. The van der Waals surface area contributed by atoms with E-state index in [0.29, 0.717) is 37.0 Å². The minimum Gasteiger partial charge on any atom is -0.411 e. The van der Waals surface area contributed by atoms with Crippen LogP contribution in [0.3, 0.4) is 0 Å². The summed E-state index contributed by atoms with van der Waals surface area (Å²) < 4.78 is 4.25. The number of para-hydroxylation sites is 1. The van der Waals surface area contributed by atoms with Crippen LogP contribution in [-0.2, 0) is 20.1 Å². The number of piperidine rings is 1. The molecule has 0 bridgehead atoms. The van der Waals surface area contributed by atoms with Gasteiger partial charge in [-0.1, -0.05) is 29.3 Å². The molecule has 0 aliphatic carbocycles. The molecule has 1 aliphatic rings. The summed E-state index contributed by atoms with van der Waals surface area (Å²) in [5.41, 5.74) is 1.74. The molecule has 1 N–H and O–H groups in total. The van der Waals surface area contributed by atoms with Crippen LogP contribution in [0.1, 0.15) is 31.3 Å². The first kappa shape index (κ1) is 23.3. The summed E-state index contributed by atoms with van der Waals surface area (Å²) in [6.45, 7) is 4.82. The van der Waals surface area contributed by atoms with Crippen molar-refractivity contribution in [2.24, 2.45) is 12.2 Å². The van der Waals surface area contributed by atoms with Crippen molar-refractivity contribution >= 4 is 33.7 Å². The van der Waals surface area contributed by atoms with Gasteiger partial charge in [-0.05, 0) is 32.8 Å². The zero-order valence-corrected chi connectivity index (χ0v) is 20.4. The molecule has 3 aromatic heterocycles. The van der Waals surface area contributed by atoms with Crippen LogP contribution in [0.2, 0.25) is 0 Å². The number of hydrogen-bond donors (Lipinski definition) is 1. The fourth-order valence-corrected chi connectivity index (χ4v) is 4.66. The average Bonchev–Trinajstić information content (AvgIpc) is 3.28. The van der Waals surface area contributed by atoms with Gasteiger partial charge in [-0.25, -0.2) is 14.8 Å². The van der Waals surface area contributed by atoms with E-state index in [0.717, 1.165) is 27.6 Å². The van der Waals surface area contributed by atoms with Crippen molar-refractivity contribution in [3.63, 3.8) is 0 Å². The quantitative estimate of drug-likeness (QED) is 0.264. The Hall–Kier alpha value is -4.46. The van der Waals surface area contributed by atoms with E-state index >= 15 is 0 Å². The van der Waals surface area contributed by atoms with E-state index in [2.05, 4.69) is 31.9 Å². The summed E-state index contributed by atoms with van der Waals surface area (Å²) in [5.74, 6) is 6.77. The smallest absolute Gasteiger partial charge is 0.332 e. The molecule has 1 saturated heterocycles. The predicted molar refractivity (Wildman–Crippen MR) is 137 cm³/mol. The van der Waals surface area contributed by atoms with Crippen molar-refractivity contribution in [1.82, 2.24) is 28.7 Å². The van der Waals surface area contributed by atoms with Crippen LogP contribution in [0.15, 0.2) is 39.0 Å². The van der Waals surface area contributed by atoms with Gasteiger partial charge in [0.25, 0.3) is 5.56 Å². The van der Waals surface area contributed by atoms with E-state index in [1.54, 1.807) is 18.5 Å². The molecule has 1 aromatic carbocycles. The number of aryl methyl sites for hydroxylation is 2. The Labute approximate surface area is 206 Å². The first-order valence-corrected chi connectivity index (χ1v) is 11.7. The third-order valence-electron chi connectivity index (χ3n) is 6.46. The minimum absolute atomic E-state index is 0.0713. The van der Waals surface area contributed by atoms with Gasteiger partial charge >= 0.3 is 5.69 Å². The van der Waals surface area contributed by atoms with Gasteiger partial charge in [0.1, 0.15) is 5.82 Å². The van der Waals surface area contributed by atoms with E-state index < -0.39 is 11.2 Å². The highest BCUT2D eigenvalue weighted by molar-refractivity contribution is 5.89. The van der Waals surface area contributed by atoms with Crippen molar-refractivity contribution in [2.45, 2.75) is 39.8 Å². The van der Waals surface area contributed by atoms with Crippen LogP contribution >= 0.6 is 0 Å². The minimum atomic E-state index is -0.504. The van der Waals surface area contributed by atoms with Gasteiger partial charge in [0, 0.05) is 24.7 Å². The lowest BCUT2D eigenvalue weighted by Crippen LogP contribution is -2.40. The number of anilines is 1. The van der Waals surface area contributed by atoms with Gasteiger partial charge in [-0.2, -0.15) is 4.98 Å². The molecule has 0 spiro atoms. The van der Waals surface area contributed by atoms with Crippen LogP contribution < -0.4 is 16.1 Å². The highest BCUT2D eigenvalue weighted by Crippen LogP contribution is 2.22. The summed E-state index contributed by atoms with van der Waals surface area (Å²) in [5, 5.41) is 13.6. The SMILES string of the molecule is CC#CCn1c(N2CCC/C(=N\O)C2)nc2c1c(=O)n(Cc1nc(C)c3ccccc3n1)c(=O)n2C. The Morgan fingerprint density at radius 1 is 1.14 bits per heavy atom. The molecule has 4 heterocycles. The van der Waals surface area contributed by atoms with Gasteiger partial charge < -0.3 is 10.1 Å². The number of oxime groups is 1. The first-order chi connectivity index (χ1) is 17.4. The van der Waals surface area contributed by atoms with Gasteiger partial charge in [0.15, 0.2) is 11.2 Å². The molecule has 4 aromatic rings. The molecular formula is C25H26N8O3. The van der Waals surface area contributed by atoms with Gasteiger partial charge in [-0.15, -0.1) is 5.92 Å². The summed E-state index contributed by atoms with van der Waals surface area (Å²) >= 11 is 0. The van der Waals surface area contributed by atoms with Gasteiger partial charge in [0.2, 0.25) is 5.95 Å². The summed E-state index contributed by atoms with van der Waals surface area (Å²) in [4.78, 5) is 42.8. The van der Waals surface area contributed by atoms with E-state index in [-0.39, 0.29) is 24.3 Å². The maximum Gasteiger partial charge on any atom is 0.332 e. The molecule has 1 fully saturated rings. The summed E-state index contributed by atoms with van der Waals surface area (Å²) in [6.07, 6.45) is 1.47. The number of fused-ring (bicyclic) bond motifs is 2. The fraction of sp³-hybridized carbons (Fsp3) is 0.360. The zero-order chi connectivity index (χ0) is 25.4. The van der Waals surface area contributed by atoms with E-state index in [1.807, 2.05) is 36.1 Å². The van der Waals surface area contributed by atoms with Crippen molar-refractivity contribution in [2.75, 3.05) is 18.0 Å². The maximum atomic E-state index is 13.8. The van der Waals surface area contributed by atoms with Crippen molar-refractivity contribution in [3.05, 3.63) is 56.6 Å². The molecule has 184 valence electrons. The molecule has 36 heavy (non-hydrogen) atoms. The van der Waals surface area contributed by atoms with Crippen LogP contribution in [-0.4, -0.2) is 52.7 Å². The second-order valence-corrected chi connectivity index (χ2v) is 8.76. The standard InChI is InChI=1S/C25H26N8O3/c1-4-5-13-32-21-22(28-24(32)31-12-8-9-17(14-31)29-36)30(3)25(35)33(23(21)34)15-20-26-16(2)18-10-6-7-11-19(18)27-20/h6-7,10-11,36H,8-9,12-15H2,1-3H3/b29-17+. The van der Waals surface area contributed by atoms with Gasteiger partial charge in [-0.3, -0.25) is 18.5 Å². The first-order valence-electron chi connectivity index (χ1n) is 11.7. The molecule has 1 aliphatic heterocycles.